The van der Waals surface area contributed by atoms with E-state index < -0.39 is 0 Å². The molecule has 0 saturated heterocycles. The van der Waals surface area contributed by atoms with Crippen LogP contribution in [0.1, 0.15) is 42.4 Å². The van der Waals surface area contributed by atoms with Crippen molar-refractivity contribution in [3.05, 3.63) is 45.7 Å². The smallest absolute Gasteiger partial charge is 0.253 e. The number of carbonyl (C=O) groups excluding carboxylic acids is 1. The number of hydrogen-bond acceptors (Lipinski definition) is 2. The van der Waals surface area contributed by atoms with Crippen LogP contribution in [-0.4, -0.2) is 10.5 Å². The van der Waals surface area contributed by atoms with Gasteiger partial charge in [-0.1, -0.05) is 20.3 Å². The zero-order valence-electron chi connectivity index (χ0n) is 11.9. The van der Waals surface area contributed by atoms with Crippen LogP contribution in [0.2, 0.25) is 0 Å². The monoisotopic (exact) mass is 270 g/mol. The fraction of sp³-hybridized carbons (Fsp3) is 0.375. The minimum atomic E-state index is -0.0194. The first-order valence-electron chi connectivity index (χ1n) is 6.97. The molecule has 2 heterocycles. The van der Waals surface area contributed by atoms with Gasteiger partial charge in [0.25, 0.3) is 5.91 Å². The van der Waals surface area contributed by atoms with E-state index in [1.54, 1.807) is 12.1 Å². The predicted octanol–water partition coefficient (Wildman–Crippen LogP) is 2.32. The number of pyridine rings is 1. The lowest BCUT2D eigenvalue weighted by molar-refractivity contribution is 0.0947. The number of hydrogen-bond donors (Lipinski definition) is 1. The van der Waals surface area contributed by atoms with Gasteiger partial charge in [0, 0.05) is 13.1 Å². The van der Waals surface area contributed by atoms with Crippen molar-refractivity contribution in [2.24, 2.45) is 13.0 Å². The van der Waals surface area contributed by atoms with E-state index in [0.717, 1.165) is 28.9 Å². The van der Waals surface area contributed by atoms with Crippen LogP contribution < -0.4 is 10.7 Å². The van der Waals surface area contributed by atoms with Crippen molar-refractivity contribution < 1.29 is 4.79 Å². The topological polar surface area (TPSA) is 51.1 Å². The second-order valence-corrected chi connectivity index (χ2v) is 5.56. The fourth-order valence-electron chi connectivity index (χ4n) is 2.97. The lowest BCUT2D eigenvalue weighted by atomic mass is 9.94. The zero-order chi connectivity index (χ0) is 14.4. The maximum atomic E-state index is 12.2. The number of nitrogens with zero attached hydrogens (tertiary/aromatic N) is 1. The van der Waals surface area contributed by atoms with Crippen LogP contribution in [0.3, 0.4) is 0 Å². The summed E-state index contributed by atoms with van der Waals surface area (Å²) in [5, 5.41) is 3.06. The van der Waals surface area contributed by atoms with E-state index in [2.05, 4.69) is 19.2 Å². The summed E-state index contributed by atoms with van der Waals surface area (Å²) in [6.45, 7) is 4.25. The quantitative estimate of drug-likeness (QED) is 0.910. The van der Waals surface area contributed by atoms with Gasteiger partial charge in [-0.05, 0) is 29.7 Å². The predicted molar refractivity (Wildman–Crippen MR) is 78.0 cm³/mol. The van der Waals surface area contributed by atoms with E-state index in [9.17, 15) is 9.59 Å². The third-order valence-electron chi connectivity index (χ3n) is 4.34. The van der Waals surface area contributed by atoms with Crippen LogP contribution in [0.5, 0.6) is 0 Å². The summed E-state index contributed by atoms with van der Waals surface area (Å²) in [6, 6.07) is 6.86. The number of benzene rings is 1. The molecule has 0 aromatic rings. The molecule has 0 fully saturated rings. The molecule has 1 amide bonds. The Labute approximate surface area is 117 Å². The van der Waals surface area contributed by atoms with Gasteiger partial charge < -0.3 is 9.88 Å². The average molecular weight is 270 g/mol. The second-order valence-electron chi connectivity index (χ2n) is 5.56. The molecule has 3 rings (SSSR count). The molecule has 3 aliphatic rings. The minimum absolute atomic E-state index is 0.00887. The molecule has 104 valence electrons. The molecule has 4 nitrogen and oxygen atoms in total. The molecule has 2 aliphatic heterocycles. The Kier molecular flexibility index (Phi) is 2.89. The van der Waals surface area contributed by atoms with E-state index in [1.807, 2.05) is 17.7 Å². The van der Waals surface area contributed by atoms with E-state index in [0.29, 0.717) is 5.92 Å². The molecule has 0 spiro atoms. The Morgan fingerprint density at radius 2 is 2.05 bits per heavy atom. The lowest BCUT2D eigenvalue weighted by Gasteiger charge is -2.23. The van der Waals surface area contributed by atoms with E-state index in [-0.39, 0.29) is 17.4 Å². The van der Waals surface area contributed by atoms with E-state index >= 15 is 0 Å². The Balaban J connectivity index is 2.30. The zero-order valence-corrected chi connectivity index (χ0v) is 11.9. The highest BCUT2D eigenvalue weighted by molar-refractivity contribution is 6.00. The first-order chi connectivity index (χ1) is 9.52. The number of rotatable bonds is 2. The molecule has 1 N–H and O–H groups in total. The van der Waals surface area contributed by atoms with Crippen LogP contribution in [0, 0.1) is 5.92 Å². The van der Waals surface area contributed by atoms with Crippen molar-refractivity contribution in [1.82, 2.24) is 9.88 Å². The summed E-state index contributed by atoms with van der Waals surface area (Å²) >= 11 is 0. The Bertz CT molecular complexity index is 717. The van der Waals surface area contributed by atoms with Crippen molar-refractivity contribution in [2.75, 3.05) is 0 Å². The van der Waals surface area contributed by atoms with Gasteiger partial charge in [-0.3, -0.25) is 9.59 Å². The molecule has 0 saturated carbocycles. The maximum Gasteiger partial charge on any atom is 0.253 e. The molecule has 2 atom stereocenters. The van der Waals surface area contributed by atoms with Crippen LogP contribution in [0.4, 0.5) is 0 Å². The molecule has 0 bridgehead atoms. The van der Waals surface area contributed by atoms with Crippen LogP contribution >= 0.6 is 0 Å². The van der Waals surface area contributed by atoms with Crippen molar-refractivity contribution >= 4 is 5.91 Å². The van der Waals surface area contributed by atoms with Crippen molar-refractivity contribution in [2.45, 2.75) is 26.3 Å². The number of aromatic nitrogens is 1. The van der Waals surface area contributed by atoms with Gasteiger partial charge in [-0.15, -0.1) is 0 Å². The van der Waals surface area contributed by atoms with Crippen LogP contribution in [0.25, 0.3) is 11.3 Å². The lowest BCUT2D eigenvalue weighted by Crippen LogP contribution is -2.25. The van der Waals surface area contributed by atoms with Crippen LogP contribution in [0.15, 0.2) is 29.1 Å². The van der Waals surface area contributed by atoms with Gasteiger partial charge in [0.2, 0.25) is 0 Å². The maximum absolute atomic E-state index is 12.2. The SMILES string of the molecule is CC[C@@H](C)[C@@H]1NC(=O)c2cc3ccc(=O)cc-3n(C)c21. The van der Waals surface area contributed by atoms with Crippen LogP contribution in [-0.2, 0) is 7.05 Å². The highest BCUT2D eigenvalue weighted by Gasteiger charge is 2.34. The summed E-state index contributed by atoms with van der Waals surface area (Å²) in [5.74, 6) is 0.341. The normalized spacial score (nSPS) is 18.9. The summed E-state index contributed by atoms with van der Waals surface area (Å²) < 4.78 is 1.99. The Morgan fingerprint density at radius 1 is 1.30 bits per heavy atom. The van der Waals surface area contributed by atoms with Crippen molar-refractivity contribution in [3.63, 3.8) is 0 Å². The minimum Gasteiger partial charge on any atom is -0.345 e. The largest absolute Gasteiger partial charge is 0.345 e. The number of fused-ring (bicyclic) bond motifs is 2. The summed E-state index contributed by atoms with van der Waals surface area (Å²) in [4.78, 5) is 23.7. The van der Waals surface area contributed by atoms with Gasteiger partial charge in [-0.2, -0.15) is 0 Å². The highest BCUT2D eigenvalue weighted by atomic mass is 16.2. The second kappa shape index (κ2) is 4.47. The third-order valence-corrected chi connectivity index (χ3v) is 4.34. The molecule has 20 heavy (non-hydrogen) atoms. The van der Waals surface area contributed by atoms with Crippen molar-refractivity contribution in [1.29, 1.82) is 0 Å². The number of nitrogens with one attached hydrogen (secondary N) is 1. The first-order valence-corrected chi connectivity index (χ1v) is 6.97. The molecular weight excluding hydrogens is 252 g/mol. The average Bonchev–Trinajstić information content (AvgIpc) is 2.77. The first kappa shape index (κ1) is 12.9. The standard InChI is InChI=1S/C16H18N2O2/c1-4-9(2)14-15-12(16(20)17-14)7-10-5-6-11(19)8-13(10)18(15)3/h5-9,14H,4H2,1-3H3,(H,17,20)/t9-,14+/m1/s1. The van der Waals surface area contributed by atoms with Gasteiger partial charge >= 0.3 is 0 Å². The highest BCUT2D eigenvalue weighted by Crippen LogP contribution is 2.36. The van der Waals surface area contributed by atoms with Gasteiger partial charge in [0.05, 0.1) is 23.0 Å². The molecule has 0 aromatic heterocycles. The Morgan fingerprint density at radius 3 is 2.75 bits per heavy atom. The molecular formula is C16H18N2O2. The molecule has 1 aliphatic carbocycles. The number of amides is 1. The summed E-state index contributed by atoms with van der Waals surface area (Å²) in [7, 11) is 1.93. The fourth-order valence-corrected chi connectivity index (χ4v) is 2.97. The van der Waals surface area contributed by atoms with Gasteiger partial charge in [0.1, 0.15) is 0 Å². The summed E-state index contributed by atoms with van der Waals surface area (Å²) in [5.41, 5.74) is 3.50. The molecule has 0 radical (unpaired) electrons. The number of carbonyl (C=O) groups is 1. The van der Waals surface area contributed by atoms with Gasteiger partial charge in [0.15, 0.2) is 5.43 Å². The molecule has 0 unspecified atom stereocenters. The van der Waals surface area contributed by atoms with E-state index in [1.165, 1.54) is 6.07 Å². The Hall–Kier alpha value is -2.10. The molecule has 0 aromatic carbocycles. The molecule has 4 heteroatoms. The summed E-state index contributed by atoms with van der Waals surface area (Å²) in [6.07, 6.45) is 0.990. The third kappa shape index (κ3) is 1.75. The van der Waals surface area contributed by atoms with Gasteiger partial charge in [-0.25, -0.2) is 0 Å². The van der Waals surface area contributed by atoms with E-state index in [4.69, 9.17) is 0 Å². The van der Waals surface area contributed by atoms with Crippen molar-refractivity contribution in [3.8, 4) is 11.3 Å².